The topological polar surface area (TPSA) is 0 Å². The number of hydrogen-bond donors (Lipinski definition) is 0. The fourth-order valence-electron chi connectivity index (χ4n) is 8.89. The van der Waals surface area contributed by atoms with Crippen LogP contribution < -0.4 is 24.8 Å². The molecule has 0 radical (unpaired) electrons. The zero-order valence-electron chi connectivity index (χ0n) is 39.7. The predicted octanol–water partition coefficient (Wildman–Crippen LogP) is 10.7. The van der Waals surface area contributed by atoms with Gasteiger partial charge in [0.2, 0.25) is 0 Å². The second-order valence-corrected chi connectivity index (χ2v) is 19.6. The van der Waals surface area contributed by atoms with E-state index in [1.807, 2.05) is 0 Å². The average Bonchev–Trinajstić information content (AvgIpc) is 3.85. The predicted molar refractivity (Wildman–Crippen MR) is 254 cm³/mol. The van der Waals surface area contributed by atoms with E-state index in [1.54, 1.807) is 0 Å². The van der Waals surface area contributed by atoms with Crippen molar-refractivity contribution in [2.75, 3.05) is 0 Å². The number of aryl methyl sites for hydroxylation is 7. The summed E-state index contributed by atoms with van der Waals surface area (Å²) in [5.74, 6) is 0. The van der Waals surface area contributed by atoms with E-state index in [2.05, 4.69) is 148 Å². The third-order valence-electron chi connectivity index (χ3n) is 11.9. The molecule has 0 bridgehead atoms. The third-order valence-corrected chi connectivity index (χ3v) is 13.3. The standard InChI is InChI=1S/C31H29.C15H8F6.C12H19.2ClH.Zr/c1-18-11-20(3)30(21(4)12-18)24-7-9-28-26(15-24)17-27-16-25(8-10-29(27)28)31-22(5)13-19(2)14-23(31)6;16-14(17,18)12-5-1-10(2-6-12)9-11-3-7-13(8-4-11)15(19,20)21;1-5-6-10-7-8-11(9-10)12(2,3)4;;;/h7-15H,17H2,1-6H3;1-8H;7-9H,5-6H2,1-4H3;2*1H;/q-1;;-1;;;+2/p-2. The van der Waals surface area contributed by atoms with Crippen LogP contribution in [0.2, 0.25) is 0 Å². The molecule has 0 saturated carbocycles. The molecule has 0 nitrogen and oxygen atoms in total. The molecule has 0 atom stereocenters. The van der Waals surface area contributed by atoms with Gasteiger partial charge < -0.3 is 24.8 Å². The Hall–Kier alpha value is -4.42. The summed E-state index contributed by atoms with van der Waals surface area (Å²) in [7, 11) is 0. The quantitative estimate of drug-likeness (QED) is 0.115. The average molecular weight is 1030 g/mol. The van der Waals surface area contributed by atoms with Gasteiger partial charge in [0.15, 0.2) is 0 Å². The molecule has 8 rings (SSSR count). The Labute approximate surface area is 420 Å². The number of benzene rings is 6. The van der Waals surface area contributed by atoms with Crippen molar-refractivity contribution < 1.29 is 75.4 Å². The van der Waals surface area contributed by atoms with Crippen molar-refractivity contribution >= 4 is 3.21 Å². The van der Waals surface area contributed by atoms with E-state index in [0.717, 1.165) is 54.9 Å². The molecule has 7 aromatic rings. The molecule has 67 heavy (non-hydrogen) atoms. The van der Waals surface area contributed by atoms with Crippen LogP contribution in [0.5, 0.6) is 0 Å². The van der Waals surface area contributed by atoms with Crippen LogP contribution in [-0.2, 0) is 54.8 Å². The van der Waals surface area contributed by atoms with Crippen molar-refractivity contribution in [3.63, 3.8) is 0 Å². The summed E-state index contributed by atoms with van der Waals surface area (Å²) in [5, 5.41) is 0. The van der Waals surface area contributed by atoms with Crippen LogP contribution in [0.25, 0.3) is 33.4 Å². The zero-order chi connectivity index (χ0) is 47.6. The zero-order valence-corrected chi connectivity index (χ0v) is 43.7. The van der Waals surface area contributed by atoms with Crippen molar-refractivity contribution in [3.8, 4) is 33.4 Å². The van der Waals surface area contributed by atoms with Crippen molar-refractivity contribution in [3.05, 3.63) is 205 Å². The Morgan fingerprint density at radius 2 is 1.04 bits per heavy atom. The molecular formula is C58H56Cl2F6Zr-2. The monoisotopic (exact) mass is 1030 g/mol. The van der Waals surface area contributed by atoms with E-state index in [4.69, 9.17) is 0 Å². The molecule has 1 aliphatic rings. The van der Waals surface area contributed by atoms with Crippen LogP contribution >= 0.6 is 0 Å². The normalized spacial score (nSPS) is 11.8. The fourth-order valence-corrected chi connectivity index (χ4v) is 9.71. The van der Waals surface area contributed by atoms with Gasteiger partial charge in [-0.25, -0.2) is 6.07 Å². The molecule has 1 aliphatic carbocycles. The molecule has 0 heterocycles. The van der Waals surface area contributed by atoms with E-state index in [0.29, 0.717) is 19.7 Å². The van der Waals surface area contributed by atoms with Crippen LogP contribution in [0.4, 0.5) is 26.3 Å². The molecule has 0 amide bonds. The minimum atomic E-state index is -4.41. The van der Waals surface area contributed by atoms with Gasteiger partial charge in [0, 0.05) is 0 Å². The van der Waals surface area contributed by atoms with Gasteiger partial charge in [0.25, 0.3) is 0 Å². The summed E-state index contributed by atoms with van der Waals surface area (Å²) in [6.45, 7) is 22.2. The van der Waals surface area contributed by atoms with Crippen LogP contribution in [-0.4, -0.2) is 3.21 Å². The fraction of sp³-hybridized carbons (Fsp3) is 0.276. The van der Waals surface area contributed by atoms with E-state index in [1.165, 1.54) is 126 Å². The molecule has 7 aromatic carbocycles. The Morgan fingerprint density at radius 3 is 1.48 bits per heavy atom. The molecule has 0 aromatic heterocycles. The first kappa shape index (κ1) is 55.2. The van der Waals surface area contributed by atoms with Gasteiger partial charge in [0.05, 0.1) is 0 Å². The van der Waals surface area contributed by atoms with Crippen molar-refractivity contribution in [1.29, 1.82) is 0 Å². The Bertz CT molecular complexity index is 2610. The summed E-state index contributed by atoms with van der Waals surface area (Å²) >= 11 is 0.898. The molecule has 0 fully saturated rings. The first-order chi connectivity index (χ1) is 30.4. The molecule has 0 aliphatic heterocycles. The molecule has 9 heteroatoms. The number of halogens is 8. The molecular weight excluding hydrogens is 973 g/mol. The van der Waals surface area contributed by atoms with Gasteiger partial charge in [-0.05, 0) is 75.8 Å². The summed E-state index contributed by atoms with van der Waals surface area (Å²) in [4.78, 5) is 0. The summed E-state index contributed by atoms with van der Waals surface area (Å²) < 4.78 is 75.6. The molecule has 0 spiro atoms. The van der Waals surface area contributed by atoms with Gasteiger partial charge in [0.1, 0.15) is 0 Å². The van der Waals surface area contributed by atoms with Crippen molar-refractivity contribution in [1.82, 2.24) is 0 Å². The van der Waals surface area contributed by atoms with E-state index in [9.17, 15) is 26.3 Å². The Morgan fingerprint density at radius 1 is 0.582 bits per heavy atom. The van der Waals surface area contributed by atoms with Gasteiger partial charge in [-0.2, -0.15) is 23.3 Å². The summed E-state index contributed by atoms with van der Waals surface area (Å²) in [6, 6.07) is 40.4. The van der Waals surface area contributed by atoms with Crippen LogP contribution in [0.15, 0.2) is 121 Å². The Balaban J connectivity index is 0.000000238. The van der Waals surface area contributed by atoms with Crippen LogP contribution in [0, 0.1) is 47.6 Å². The minimum absolute atomic E-state index is 0. The SMILES string of the molecule is CCCc1cc(C(C)(C)C)c[cH-]1.Cc1cc(C)c(-c2[c-]c3c(cc2)-c2ccc(-c4c(C)cc(C)cc4C)cc2C3)c(C)c1.FC(F)(F)c1ccc([C](=[Zr+2])c2ccc(C(F)(F)F)cc2)cc1.[Cl-].[Cl-]. The van der Waals surface area contributed by atoms with Crippen molar-refractivity contribution in [2.24, 2.45) is 0 Å². The van der Waals surface area contributed by atoms with E-state index < -0.39 is 23.5 Å². The second-order valence-electron chi connectivity index (χ2n) is 18.4. The maximum Gasteiger partial charge on any atom is -1.00 e. The third kappa shape index (κ3) is 13.4. The van der Waals surface area contributed by atoms with Crippen LogP contribution in [0.1, 0.15) is 112 Å². The smallest absolute Gasteiger partial charge is 1.00 e. The van der Waals surface area contributed by atoms with Crippen LogP contribution in [0.3, 0.4) is 0 Å². The number of rotatable bonds is 6. The van der Waals surface area contributed by atoms with Gasteiger partial charge in [-0.3, -0.25) is 0 Å². The largest absolute Gasteiger partial charge is 1.00 e. The number of fused-ring (bicyclic) bond motifs is 3. The minimum Gasteiger partial charge on any atom is -1.00 e. The van der Waals surface area contributed by atoms with E-state index >= 15 is 0 Å². The maximum absolute atomic E-state index is 12.5. The molecule has 350 valence electrons. The Kier molecular flexibility index (Phi) is 18.4. The molecule has 0 unspecified atom stereocenters. The van der Waals surface area contributed by atoms with E-state index in [-0.39, 0.29) is 24.8 Å². The second kappa shape index (κ2) is 22.3. The maximum atomic E-state index is 12.5. The molecule has 0 N–H and O–H groups in total. The first-order valence-electron chi connectivity index (χ1n) is 22.0. The number of hydrogen-bond acceptors (Lipinski definition) is 0. The van der Waals surface area contributed by atoms with Gasteiger partial charge in [-0.15, -0.1) is 29.3 Å². The molecule has 0 saturated heterocycles. The number of alkyl halides is 6. The first-order valence-corrected chi connectivity index (χ1v) is 23.2. The van der Waals surface area contributed by atoms with Gasteiger partial charge >= 0.3 is 137 Å². The van der Waals surface area contributed by atoms with Gasteiger partial charge in [-0.1, -0.05) is 127 Å². The summed E-state index contributed by atoms with van der Waals surface area (Å²) in [5.41, 5.74) is 21.6. The summed E-state index contributed by atoms with van der Waals surface area (Å²) in [6.07, 6.45) is -5.40. The van der Waals surface area contributed by atoms with Crippen molar-refractivity contribution in [2.45, 2.75) is 106 Å².